The van der Waals surface area contributed by atoms with Gasteiger partial charge in [-0.05, 0) is 61.9 Å². The molecule has 3 rings (SSSR count). The number of unbranched alkanes of at least 4 members (excludes halogenated alkanes) is 1. The molecule has 0 N–H and O–H groups in total. The molecule has 1 unspecified atom stereocenters. The lowest BCUT2D eigenvalue weighted by Crippen LogP contribution is -2.23. The van der Waals surface area contributed by atoms with Crippen molar-refractivity contribution < 1.29 is 9.47 Å². The quantitative estimate of drug-likeness (QED) is 0.253. The number of aryl methyl sites for hydroxylation is 1. The molecule has 0 aliphatic heterocycles. The van der Waals surface area contributed by atoms with Crippen molar-refractivity contribution in [3.05, 3.63) is 64.0 Å². The van der Waals surface area contributed by atoms with Crippen LogP contribution >= 0.6 is 27.3 Å². The van der Waals surface area contributed by atoms with E-state index in [9.17, 15) is 0 Å². The van der Waals surface area contributed by atoms with Crippen molar-refractivity contribution in [2.75, 3.05) is 0 Å². The molecule has 0 amide bonds. The second-order valence-corrected chi connectivity index (χ2v) is 8.45. The summed E-state index contributed by atoms with van der Waals surface area (Å²) in [7, 11) is 0. The van der Waals surface area contributed by atoms with Crippen LogP contribution in [0.15, 0.2) is 48.5 Å². The Bertz CT molecular complexity index is 962. The molecule has 29 heavy (non-hydrogen) atoms. The second kappa shape index (κ2) is 10.4. The third kappa shape index (κ3) is 5.81. The normalized spacial score (nSPS) is 11.7. The van der Waals surface area contributed by atoms with Gasteiger partial charge >= 0.3 is 0 Å². The highest BCUT2D eigenvalue weighted by Gasteiger charge is 2.14. The van der Waals surface area contributed by atoms with Gasteiger partial charge in [0.15, 0.2) is 0 Å². The van der Waals surface area contributed by atoms with Crippen LogP contribution in [0.25, 0.3) is 11.3 Å². The molecule has 6 heteroatoms. The van der Waals surface area contributed by atoms with E-state index in [1.807, 2.05) is 31.2 Å². The summed E-state index contributed by atoms with van der Waals surface area (Å²) in [6.07, 6.45) is 2.48. The predicted molar refractivity (Wildman–Crippen MR) is 121 cm³/mol. The zero-order valence-electron chi connectivity index (χ0n) is 16.5. The Kier molecular flexibility index (Phi) is 7.68. The molecule has 0 aliphatic carbocycles. The fourth-order valence-electron chi connectivity index (χ4n) is 2.90. The number of nitriles is 1. The number of thiazole rings is 1. The first-order chi connectivity index (χ1) is 14.1. The SMILES string of the molecule is CCCCC(Oc1ccc(C#N)cc1)Oc1ccc(-c2nc(C)sc2CBr)cc1. The fourth-order valence-corrected chi connectivity index (χ4v) is 4.32. The molecule has 0 fully saturated rings. The van der Waals surface area contributed by atoms with E-state index in [4.69, 9.17) is 14.7 Å². The second-order valence-electron chi connectivity index (χ2n) is 6.61. The number of benzene rings is 2. The first-order valence-corrected chi connectivity index (χ1v) is 11.5. The summed E-state index contributed by atoms with van der Waals surface area (Å²) in [5.41, 5.74) is 2.71. The summed E-state index contributed by atoms with van der Waals surface area (Å²) in [6, 6.07) is 17.2. The Balaban J connectivity index is 1.72. The minimum absolute atomic E-state index is 0.381. The van der Waals surface area contributed by atoms with E-state index in [-0.39, 0.29) is 6.29 Å². The molecule has 0 radical (unpaired) electrons. The van der Waals surface area contributed by atoms with Gasteiger partial charge < -0.3 is 9.47 Å². The van der Waals surface area contributed by atoms with Crippen molar-refractivity contribution in [1.29, 1.82) is 5.26 Å². The van der Waals surface area contributed by atoms with E-state index in [1.165, 1.54) is 4.88 Å². The maximum atomic E-state index is 8.94. The number of alkyl halides is 1. The Hall–Kier alpha value is -2.36. The van der Waals surface area contributed by atoms with Gasteiger partial charge in [0.2, 0.25) is 6.29 Å². The van der Waals surface area contributed by atoms with Gasteiger partial charge in [-0.2, -0.15) is 5.26 Å². The fraction of sp³-hybridized carbons (Fsp3) is 0.304. The molecule has 0 saturated heterocycles. The molecule has 4 nitrogen and oxygen atoms in total. The monoisotopic (exact) mass is 470 g/mol. The molecule has 1 aromatic heterocycles. The lowest BCUT2D eigenvalue weighted by Gasteiger charge is -2.20. The molecule has 1 atom stereocenters. The van der Waals surface area contributed by atoms with Crippen molar-refractivity contribution in [2.24, 2.45) is 0 Å². The number of hydrogen-bond acceptors (Lipinski definition) is 5. The predicted octanol–water partition coefficient (Wildman–Crippen LogP) is 6.86. The van der Waals surface area contributed by atoms with Gasteiger partial charge in [-0.15, -0.1) is 11.3 Å². The molecule has 3 aromatic rings. The lowest BCUT2D eigenvalue weighted by atomic mass is 10.1. The first kappa shape index (κ1) is 21.4. The van der Waals surface area contributed by atoms with Crippen molar-refractivity contribution in [1.82, 2.24) is 4.98 Å². The van der Waals surface area contributed by atoms with E-state index in [0.29, 0.717) is 11.3 Å². The third-order valence-electron chi connectivity index (χ3n) is 4.37. The number of rotatable bonds is 9. The smallest absolute Gasteiger partial charge is 0.241 e. The highest BCUT2D eigenvalue weighted by Crippen LogP contribution is 2.31. The van der Waals surface area contributed by atoms with Gasteiger partial charge in [-0.25, -0.2) is 4.98 Å². The zero-order chi connectivity index (χ0) is 20.6. The number of ether oxygens (including phenoxy) is 2. The zero-order valence-corrected chi connectivity index (χ0v) is 18.9. The maximum Gasteiger partial charge on any atom is 0.241 e. The Morgan fingerprint density at radius 1 is 1.07 bits per heavy atom. The molecule has 0 bridgehead atoms. The Morgan fingerprint density at radius 2 is 1.69 bits per heavy atom. The van der Waals surface area contributed by atoms with Gasteiger partial charge in [-0.1, -0.05) is 29.3 Å². The largest absolute Gasteiger partial charge is 0.455 e. The number of halogens is 1. The van der Waals surface area contributed by atoms with Gasteiger partial charge in [0.05, 0.1) is 22.3 Å². The summed E-state index contributed by atoms with van der Waals surface area (Å²) in [5.74, 6) is 1.46. The van der Waals surface area contributed by atoms with Crippen LogP contribution in [-0.4, -0.2) is 11.3 Å². The molecule has 0 aliphatic rings. The van der Waals surface area contributed by atoms with E-state index in [1.54, 1.807) is 35.6 Å². The molecular weight excluding hydrogens is 448 g/mol. The summed E-state index contributed by atoms with van der Waals surface area (Å²) >= 11 is 5.25. The number of hydrogen-bond donors (Lipinski definition) is 0. The van der Waals surface area contributed by atoms with E-state index < -0.39 is 0 Å². The molecule has 0 spiro atoms. The van der Waals surface area contributed by atoms with E-state index in [2.05, 4.69) is 33.9 Å². The van der Waals surface area contributed by atoms with Crippen molar-refractivity contribution in [3.8, 4) is 28.8 Å². The van der Waals surface area contributed by atoms with Crippen LogP contribution in [-0.2, 0) is 5.33 Å². The summed E-state index contributed by atoms with van der Waals surface area (Å²) in [5, 5.41) is 10.8. The topological polar surface area (TPSA) is 55.1 Å². The minimum atomic E-state index is -0.381. The average Bonchev–Trinajstić information content (AvgIpc) is 3.14. The molecular formula is C23H23BrN2O2S. The van der Waals surface area contributed by atoms with Gasteiger partial charge in [0.1, 0.15) is 11.5 Å². The van der Waals surface area contributed by atoms with E-state index >= 15 is 0 Å². The summed E-state index contributed by atoms with van der Waals surface area (Å²) < 4.78 is 12.1. The highest BCUT2D eigenvalue weighted by molar-refractivity contribution is 9.08. The maximum absolute atomic E-state index is 8.94. The molecule has 2 aromatic carbocycles. The summed E-state index contributed by atoms with van der Waals surface area (Å²) in [4.78, 5) is 5.88. The Morgan fingerprint density at radius 3 is 2.24 bits per heavy atom. The third-order valence-corrected chi connectivity index (χ3v) is 6.27. The van der Waals surface area contributed by atoms with Crippen LogP contribution in [0.5, 0.6) is 11.5 Å². The average molecular weight is 471 g/mol. The number of nitrogens with zero attached hydrogens (tertiary/aromatic N) is 2. The van der Waals surface area contributed by atoms with Gasteiger partial charge in [0, 0.05) is 22.2 Å². The van der Waals surface area contributed by atoms with Gasteiger partial charge in [-0.3, -0.25) is 0 Å². The first-order valence-electron chi connectivity index (χ1n) is 9.59. The van der Waals surface area contributed by atoms with Crippen molar-refractivity contribution in [2.45, 2.75) is 44.7 Å². The van der Waals surface area contributed by atoms with Crippen LogP contribution in [0.1, 0.15) is 41.6 Å². The summed E-state index contributed by atoms with van der Waals surface area (Å²) in [6.45, 7) is 4.17. The number of aromatic nitrogens is 1. The highest BCUT2D eigenvalue weighted by atomic mass is 79.9. The Labute approximate surface area is 184 Å². The van der Waals surface area contributed by atoms with E-state index in [0.717, 1.165) is 46.6 Å². The molecule has 0 saturated carbocycles. The lowest BCUT2D eigenvalue weighted by molar-refractivity contribution is -0.00211. The standard InChI is InChI=1S/C23H23BrN2O2S/c1-3-4-5-22(27-19-10-6-17(15-25)7-11-19)28-20-12-8-18(9-13-20)23-21(14-24)29-16(2)26-23/h6-13,22H,3-5,14H2,1-2H3. The minimum Gasteiger partial charge on any atom is -0.455 e. The van der Waals surface area contributed by atoms with Crippen LogP contribution in [0.2, 0.25) is 0 Å². The molecule has 1 heterocycles. The van der Waals surface area contributed by atoms with Gasteiger partial charge in [0.25, 0.3) is 0 Å². The van der Waals surface area contributed by atoms with Crippen LogP contribution in [0.3, 0.4) is 0 Å². The molecule has 150 valence electrons. The van der Waals surface area contributed by atoms with Crippen LogP contribution in [0, 0.1) is 18.3 Å². The van der Waals surface area contributed by atoms with Crippen molar-refractivity contribution in [3.63, 3.8) is 0 Å². The van der Waals surface area contributed by atoms with Crippen molar-refractivity contribution >= 4 is 27.3 Å². The van der Waals surface area contributed by atoms with Crippen LogP contribution < -0.4 is 9.47 Å². The van der Waals surface area contributed by atoms with Crippen LogP contribution in [0.4, 0.5) is 0 Å².